The van der Waals surface area contributed by atoms with E-state index in [2.05, 4.69) is 9.97 Å². The molecule has 1 amide bonds. The van der Waals surface area contributed by atoms with Gasteiger partial charge >= 0.3 is 0 Å². The van der Waals surface area contributed by atoms with Gasteiger partial charge in [0.25, 0.3) is 5.91 Å². The van der Waals surface area contributed by atoms with Crippen molar-refractivity contribution in [1.82, 2.24) is 14.9 Å². The van der Waals surface area contributed by atoms with Crippen LogP contribution in [0.5, 0.6) is 0 Å². The van der Waals surface area contributed by atoms with Crippen LogP contribution >= 0.6 is 0 Å². The van der Waals surface area contributed by atoms with E-state index >= 15 is 0 Å². The Morgan fingerprint density at radius 1 is 1.06 bits per heavy atom. The monoisotopic (exact) mass is 461 g/mol. The minimum Gasteiger partial charge on any atom is -0.452 e. The smallest absolute Gasteiger partial charge is 0.254 e. The first kappa shape index (κ1) is 20.1. The second-order valence-corrected chi connectivity index (χ2v) is 10.3. The first-order valence-electron chi connectivity index (χ1n) is 10.5. The lowest BCUT2D eigenvalue weighted by Gasteiger charge is -2.54. The van der Waals surface area contributed by atoms with E-state index in [-0.39, 0.29) is 22.9 Å². The molecule has 6 rings (SSSR count). The van der Waals surface area contributed by atoms with Gasteiger partial charge in [-0.2, -0.15) is 0 Å². The molecule has 2 fully saturated rings. The number of aromatic nitrogens is 2. The maximum Gasteiger partial charge on any atom is 0.254 e. The van der Waals surface area contributed by atoms with Crippen LogP contribution in [0.25, 0.3) is 33.7 Å². The van der Waals surface area contributed by atoms with Crippen LogP contribution in [0.4, 0.5) is 0 Å². The summed E-state index contributed by atoms with van der Waals surface area (Å²) in [7, 11) is -3.28. The van der Waals surface area contributed by atoms with Gasteiger partial charge in [-0.1, -0.05) is 12.1 Å². The highest BCUT2D eigenvalue weighted by Gasteiger charge is 2.49. The lowest BCUT2D eigenvalue weighted by molar-refractivity contribution is -0.195. The molecule has 0 saturated carbocycles. The Morgan fingerprint density at radius 3 is 2.55 bits per heavy atom. The van der Waals surface area contributed by atoms with Gasteiger partial charge in [0, 0.05) is 35.6 Å². The lowest BCUT2D eigenvalue weighted by atomic mass is 9.93. The predicted molar refractivity (Wildman–Crippen MR) is 120 cm³/mol. The molecule has 166 valence electrons. The Labute approximate surface area is 189 Å². The summed E-state index contributed by atoms with van der Waals surface area (Å²) in [4.78, 5) is 23.7. The van der Waals surface area contributed by atoms with Crippen molar-refractivity contribution in [3.8, 4) is 22.6 Å². The van der Waals surface area contributed by atoms with E-state index < -0.39 is 9.84 Å². The highest BCUT2D eigenvalue weighted by atomic mass is 32.2. The fourth-order valence-electron chi connectivity index (χ4n) is 4.24. The number of carbonyl (C=O) groups excluding carboxylic acids is 1. The maximum absolute atomic E-state index is 12.9. The first-order chi connectivity index (χ1) is 15.9. The zero-order chi connectivity index (χ0) is 22.7. The van der Waals surface area contributed by atoms with Gasteiger partial charge in [0.15, 0.2) is 15.4 Å². The van der Waals surface area contributed by atoms with E-state index in [1.807, 2.05) is 23.1 Å². The number of nitrogens with zero attached hydrogens (tertiary/aromatic N) is 3. The molecule has 4 aromatic rings. The Bertz CT molecular complexity index is 1510. The van der Waals surface area contributed by atoms with Crippen molar-refractivity contribution in [2.24, 2.45) is 0 Å². The third-order valence-electron chi connectivity index (χ3n) is 6.21. The van der Waals surface area contributed by atoms with Crippen LogP contribution in [0.2, 0.25) is 0 Å². The van der Waals surface area contributed by atoms with Crippen molar-refractivity contribution in [3.63, 3.8) is 0 Å². The number of furan rings is 1. The fourth-order valence-corrected chi connectivity index (χ4v) is 4.87. The van der Waals surface area contributed by atoms with E-state index in [1.165, 1.54) is 12.6 Å². The molecule has 2 unspecified atom stereocenters. The van der Waals surface area contributed by atoms with Crippen molar-refractivity contribution in [3.05, 3.63) is 66.5 Å². The van der Waals surface area contributed by atoms with Gasteiger partial charge in [0.1, 0.15) is 23.3 Å². The van der Waals surface area contributed by atoms with Crippen LogP contribution < -0.4 is 0 Å². The molecule has 2 aromatic carbocycles. The average molecular weight is 461 g/mol. The van der Waals surface area contributed by atoms with Crippen LogP contribution in [0.15, 0.2) is 70.2 Å². The van der Waals surface area contributed by atoms with Gasteiger partial charge in [-0.15, -0.1) is 0 Å². The highest BCUT2D eigenvalue weighted by molar-refractivity contribution is 7.90. The van der Waals surface area contributed by atoms with Crippen LogP contribution in [-0.2, 0) is 14.6 Å². The number of ether oxygens (including phenoxy) is 1. The van der Waals surface area contributed by atoms with Crippen LogP contribution in [0, 0.1) is 0 Å². The number of sulfone groups is 1. The van der Waals surface area contributed by atoms with Gasteiger partial charge in [-0.3, -0.25) is 4.79 Å². The Morgan fingerprint density at radius 2 is 1.88 bits per heavy atom. The van der Waals surface area contributed by atoms with E-state index in [1.54, 1.807) is 36.4 Å². The van der Waals surface area contributed by atoms with Crippen molar-refractivity contribution in [2.75, 3.05) is 19.4 Å². The molecule has 2 aliphatic heterocycles. The van der Waals surface area contributed by atoms with Gasteiger partial charge in [0.2, 0.25) is 0 Å². The van der Waals surface area contributed by atoms with Gasteiger partial charge in [-0.05, 0) is 36.4 Å². The highest BCUT2D eigenvalue weighted by Crippen LogP contribution is 2.34. The van der Waals surface area contributed by atoms with E-state index in [0.29, 0.717) is 41.3 Å². The fraction of sp³-hybridized carbons (Fsp3) is 0.208. The largest absolute Gasteiger partial charge is 0.452 e. The molecule has 4 heterocycles. The van der Waals surface area contributed by atoms with E-state index in [4.69, 9.17) is 9.15 Å². The lowest BCUT2D eigenvalue weighted by Crippen LogP contribution is -2.71. The van der Waals surface area contributed by atoms with Crippen molar-refractivity contribution >= 4 is 26.8 Å². The van der Waals surface area contributed by atoms with Crippen LogP contribution in [0.3, 0.4) is 0 Å². The molecule has 0 spiro atoms. The standard InChI is InChI=1S/C24H19N3O5S/c1-33(29,30)17-7-5-14(6-8-17)20-10-18-23(32-20)22(26-13-25-18)15-3-2-4-16(9-15)24(28)27-11-21-19(27)12-31-21/h2-10,13,19,21H,11-12H2,1H3. The molecule has 8 nitrogen and oxygen atoms in total. The minimum absolute atomic E-state index is 0.0159. The van der Waals surface area contributed by atoms with Gasteiger partial charge in [-0.25, -0.2) is 18.4 Å². The zero-order valence-corrected chi connectivity index (χ0v) is 18.5. The molecule has 2 aromatic heterocycles. The molecule has 2 saturated heterocycles. The summed E-state index contributed by atoms with van der Waals surface area (Å²) in [5.41, 5.74) is 3.78. The summed E-state index contributed by atoms with van der Waals surface area (Å²) in [6.45, 7) is 1.23. The number of fused-ring (bicyclic) bond motifs is 2. The molecule has 9 heteroatoms. The van der Waals surface area contributed by atoms with Crippen molar-refractivity contribution in [2.45, 2.75) is 17.0 Å². The van der Waals surface area contributed by atoms with Crippen molar-refractivity contribution < 1.29 is 22.4 Å². The predicted octanol–water partition coefficient (Wildman–Crippen LogP) is 3.18. The van der Waals surface area contributed by atoms with E-state index in [0.717, 1.165) is 11.1 Å². The summed E-state index contributed by atoms with van der Waals surface area (Å²) >= 11 is 0. The first-order valence-corrected chi connectivity index (χ1v) is 12.4. The molecule has 0 radical (unpaired) electrons. The molecule has 2 atom stereocenters. The second-order valence-electron chi connectivity index (χ2n) is 8.32. The third kappa shape index (κ3) is 3.32. The Balaban J connectivity index is 1.35. The van der Waals surface area contributed by atoms with Gasteiger partial charge in [0.05, 0.1) is 23.6 Å². The Hall–Kier alpha value is -3.56. The number of carbonyl (C=O) groups is 1. The Kier molecular flexibility index (Phi) is 4.40. The molecule has 0 aliphatic carbocycles. The second kappa shape index (κ2) is 7.23. The molecular formula is C24H19N3O5S. The quantitative estimate of drug-likeness (QED) is 0.460. The molecule has 33 heavy (non-hydrogen) atoms. The number of hydrogen-bond donors (Lipinski definition) is 0. The topological polar surface area (TPSA) is 103 Å². The number of morpholine rings is 1. The van der Waals surface area contributed by atoms with Gasteiger partial charge < -0.3 is 14.1 Å². The van der Waals surface area contributed by atoms with Crippen LogP contribution in [-0.4, -0.2) is 60.7 Å². The third-order valence-corrected chi connectivity index (χ3v) is 7.34. The molecule has 0 bridgehead atoms. The van der Waals surface area contributed by atoms with E-state index in [9.17, 15) is 13.2 Å². The number of hydrogen-bond acceptors (Lipinski definition) is 7. The normalized spacial score (nSPS) is 19.6. The summed E-state index contributed by atoms with van der Waals surface area (Å²) in [6.07, 6.45) is 2.82. The number of likely N-dealkylation sites (tertiary alicyclic amines) is 1. The van der Waals surface area contributed by atoms with Crippen molar-refractivity contribution in [1.29, 1.82) is 0 Å². The number of benzene rings is 2. The summed E-state index contributed by atoms with van der Waals surface area (Å²) in [5.74, 6) is 0.536. The summed E-state index contributed by atoms with van der Waals surface area (Å²) in [6, 6.07) is 15.8. The minimum atomic E-state index is -3.28. The number of rotatable bonds is 4. The average Bonchev–Trinajstić information content (AvgIpc) is 3.24. The zero-order valence-electron chi connectivity index (χ0n) is 17.6. The van der Waals surface area contributed by atoms with Crippen LogP contribution in [0.1, 0.15) is 10.4 Å². The maximum atomic E-state index is 12.9. The summed E-state index contributed by atoms with van der Waals surface area (Å²) in [5, 5.41) is 0. The summed E-state index contributed by atoms with van der Waals surface area (Å²) < 4.78 is 34.9. The molecule has 0 N–H and O–H groups in total. The molecular weight excluding hydrogens is 442 g/mol. The molecule has 2 aliphatic rings. The SMILES string of the molecule is CS(=O)(=O)c1ccc(-c2cc3ncnc(-c4cccc(C(=O)N5CC6OCC65)c4)c3o2)cc1. The number of amides is 1.